The Hall–Kier alpha value is -0.120. The summed E-state index contributed by atoms with van der Waals surface area (Å²) in [4.78, 5) is 7.21. The zero-order valence-corrected chi connectivity index (χ0v) is 19.7. The van der Waals surface area contributed by atoms with Crippen LogP contribution >= 0.6 is 24.0 Å². The molecule has 2 heterocycles. The van der Waals surface area contributed by atoms with E-state index in [0.717, 1.165) is 64.7 Å². The molecule has 0 bridgehead atoms. The highest BCUT2D eigenvalue weighted by Gasteiger charge is 2.59. The molecule has 0 aromatic carbocycles. The molecule has 0 aromatic rings. The van der Waals surface area contributed by atoms with E-state index < -0.39 is 0 Å². The Morgan fingerprint density at radius 1 is 1.22 bits per heavy atom. The molecule has 1 aliphatic carbocycles. The molecule has 3 fully saturated rings. The van der Waals surface area contributed by atoms with Crippen molar-refractivity contribution in [2.24, 2.45) is 16.3 Å². The second kappa shape index (κ2) is 10.6. The predicted molar refractivity (Wildman–Crippen MR) is 119 cm³/mol. The maximum atomic E-state index is 5.99. The van der Waals surface area contributed by atoms with E-state index in [1.807, 2.05) is 0 Å². The zero-order valence-electron chi connectivity index (χ0n) is 17.4. The van der Waals surface area contributed by atoms with Gasteiger partial charge in [0.2, 0.25) is 0 Å². The van der Waals surface area contributed by atoms with Crippen molar-refractivity contribution < 1.29 is 14.2 Å². The highest BCUT2D eigenvalue weighted by atomic mass is 127. The third kappa shape index (κ3) is 5.28. The Balaban J connectivity index is 0.00000261. The van der Waals surface area contributed by atoms with E-state index in [1.54, 1.807) is 7.11 Å². The first-order chi connectivity index (χ1) is 12.6. The van der Waals surface area contributed by atoms with Crippen LogP contribution in [0.1, 0.15) is 46.5 Å². The van der Waals surface area contributed by atoms with Crippen LogP contribution in [0.15, 0.2) is 4.99 Å². The number of rotatable bonds is 7. The Morgan fingerprint density at radius 2 is 1.96 bits per heavy atom. The van der Waals surface area contributed by atoms with Crippen LogP contribution in [0.4, 0.5) is 0 Å². The molecule has 7 heteroatoms. The van der Waals surface area contributed by atoms with Gasteiger partial charge in [-0.25, -0.2) is 0 Å². The third-order valence-electron chi connectivity index (χ3n) is 6.28. The largest absolute Gasteiger partial charge is 0.385 e. The van der Waals surface area contributed by atoms with Crippen LogP contribution in [0.5, 0.6) is 0 Å². The number of likely N-dealkylation sites (tertiary alicyclic amines) is 1. The first-order valence-corrected chi connectivity index (χ1v) is 10.4. The van der Waals surface area contributed by atoms with Gasteiger partial charge in [0.15, 0.2) is 5.96 Å². The summed E-state index contributed by atoms with van der Waals surface area (Å²) in [6.45, 7) is 12.1. The van der Waals surface area contributed by atoms with Crippen molar-refractivity contribution in [3.63, 3.8) is 0 Å². The molecule has 2 aliphatic heterocycles. The molecule has 0 spiro atoms. The minimum Gasteiger partial charge on any atom is -0.385 e. The van der Waals surface area contributed by atoms with Crippen molar-refractivity contribution in [2.45, 2.75) is 64.7 Å². The van der Waals surface area contributed by atoms with Crippen LogP contribution in [0, 0.1) is 11.3 Å². The van der Waals surface area contributed by atoms with Crippen LogP contribution in [-0.4, -0.2) is 75.7 Å². The minimum atomic E-state index is 0. The molecular weight excluding hydrogens is 457 g/mol. The summed E-state index contributed by atoms with van der Waals surface area (Å²) in [6.07, 6.45) is 5.07. The van der Waals surface area contributed by atoms with E-state index >= 15 is 0 Å². The molecular formula is C20H38IN3O3. The van der Waals surface area contributed by atoms with E-state index in [4.69, 9.17) is 19.2 Å². The average molecular weight is 495 g/mol. The molecule has 3 unspecified atom stereocenters. The number of guanidine groups is 1. The Labute approximate surface area is 181 Å². The fraction of sp³-hybridized carbons (Fsp3) is 0.950. The summed E-state index contributed by atoms with van der Waals surface area (Å²) in [5.74, 6) is 1.71. The monoisotopic (exact) mass is 495 g/mol. The number of nitrogens with zero attached hydrogens (tertiary/aromatic N) is 2. The van der Waals surface area contributed by atoms with Crippen molar-refractivity contribution in [1.29, 1.82) is 0 Å². The third-order valence-corrected chi connectivity index (χ3v) is 6.28. The number of fused-ring (bicyclic) bond motifs is 1. The van der Waals surface area contributed by atoms with Gasteiger partial charge >= 0.3 is 0 Å². The average Bonchev–Trinajstić information content (AvgIpc) is 3.10. The highest BCUT2D eigenvalue weighted by Crippen LogP contribution is 2.52. The van der Waals surface area contributed by atoms with Crippen LogP contribution in [0.3, 0.4) is 0 Å². The molecule has 0 aromatic heterocycles. The van der Waals surface area contributed by atoms with Gasteiger partial charge in [0, 0.05) is 63.9 Å². The first-order valence-electron chi connectivity index (χ1n) is 10.4. The smallest absolute Gasteiger partial charge is 0.194 e. The number of aliphatic imine (C=N–C) groups is 1. The Kier molecular flexibility index (Phi) is 9.09. The quantitative estimate of drug-likeness (QED) is 0.255. The van der Waals surface area contributed by atoms with Crippen LogP contribution in [0.2, 0.25) is 0 Å². The predicted octanol–water partition coefficient (Wildman–Crippen LogP) is 2.90. The van der Waals surface area contributed by atoms with Crippen LogP contribution in [0.25, 0.3) is 0 Å². The van der Waals surface area contributed by atoms with Gasteiger partial charge in [0.25, 0.3) is 0 Å². The van der Waals surface area contributed by atoms with Crippen molar-refractivity contribution in [3.8, 4) is 0 Å². The maximum absolute atomic E-state index is 5.99. The molecule has 1 N–H and O–H groups in total. The fourth-order valence-electron chi connectivity index (χ4n) is 4.83. The lowest BCUT2D eigenvalue weighted by atomic mass is 9.57. The summed E-state index contributed by atoms with van der Waals surface area (Å²) < 4.78 is 17.0. The van der Waals surface area contributed by atoms with Gasteiger partial charge in [-0.15, -0.1) is 24.0 Å². The minimum absolute atomic E-state index is 0. The van der Waals surface area contributed by atoms with Gasteiger partial charge in [-0.05, 0) is 32.6 Å². The van der Waals surface area contributed by atoms with E-state index in [1.165, 1.54) is 6.42 Å². The maximum Gasteiger partial charge on any atom is 0.194 e. The molecule has 0 radical (unpaired) electrons. The van der Waals surface area contributed by atoms with Gasteiger partial charge in [-0.2, -0.15) is 0 Å². The van der Waals surface area contributed by atoms with Gasteiger partial charge in [0.1, 0.15) is 0 Å². The number of nitrogens with one attached hydrogen (secondary N) is 1. The second-order valence-electron chi connectivity index (χ2n) is 8.39. The van der Waals surface area contributed by atoms with Gasteiger partial charge in [-0.3, -0.25) is 4.99 Å². The second-order valence-corrected chi connectivity index (χ2v) is 8.39. The van der Waals surface area contributed by atoms with Crippen molar-refractivity contribution >= 4 is 29.9 Å². The molecule has 0 amide bonds. The molecule has 2 saturated heterocycles. The molecule has 3 atom stereocenters. The molecule has 3 rings (SSSR count). The van der Waals surface area contributed by atoms with E-state index in [9.17, 15) is 0 Å². The number of methoxy groups -OCH3 is 1. The summed E-state index contributed by atoms with van der Waals surface area (Å²) in [6, 6.07) is 0.461. The van der Waals surface area contributed by atoms with E-state index in [0.29, 0.717) is 24.2 Å². The number of hydrogen-bond acceptors (Lipinski definition) is 4. The van der Waals surface area contributed by atoms with Crippen LogP contribution < -0.4 is 5.32 Å². The van der Waals surface area contributed by atoms with E-state index in [-0.39, 0.29) is 29.4 Å². The number of hydrogen-bond donors (Lipinski definition) is 1. The molecule has 3 aliphatic rings. The molecule has 158 valence electrons. The lowest BCUT2D eigenvalue weighted by Gasteiger charge is -2.55. The standard InChI is InChI=1S/C20H37N3O3.HI/c1-5-21-19(22-17-16-9-14-26-18(16)20(17,2)3)23-10-7-15(8-11-23)25-13-6-12-24-4;/h15-18H,5-14H2,1-4H3,(H,21,22);1H. The van der Waals surface area contributed by atoms with Crippen molar-refractivity contribution in [2.75, 3.05) is 46.6 Å². The van der Waals surface area contributed by atoms with Crippen LogP contribution in [-0.2, 0) is 14.2 Å². The number of ether oxygens (including phenoxy) is 3. The fourth-order valence-corrected chi connectivity index (χ4v) is 4.83. The van der Waals surface area contributed by atoms with Crippen molar-refractivity contribution in [1.82, 2.24) is 10.2 Å². The summed E-state index contributed by atoms with van der Waals surface area (Å²) >= 11 is 0. The molecule has 6 nitrogen and oxygen atoms in total. The van der Waals surface area contributed by atoms with Crippen molar-refractivity contribution in [3.05, 3.63) is 0 Å². The lowest BCUT2D eigenvalue weighted by molar-refractivity contribution is -0.107. The highest BCUT2D eigenvalue weighted by molar-refractivity contribution is 14.0. The van der Waals surface area contributed by atoms with E-state index in [2.05, 4.69) is 31.0 Å². The number of piperidine rings is 1. The van der Waals surface area contributed by atoms with Gasteiger partial charge < -0.3 is 24.4 Å². The zero-order chi connectivity index (χ0) is 18.6. The first kappa shape index (κ1) is 23.2. The topological polar surface area (TPSA) is 55.3 Å². The lowest BCUT2D eigenvalue weighted by Crippen LogP contribution is -2.68. The molecule has 1 saturated carbocycles. The Bertz CT molecular complexity index is 481. The number of halogens is 1. The SMILES string of the molecule is CCN=C(NC1C2CCOC2C1(C)C)N1CCC(OCCCOC)CC1.I. The summed E-state index contributed by atoms with van der Waals surface area (Å²) in [7, 11) is 1.74. The Morgan fingerprint density at radius 3 is 2.63 bits per heavy atom. The molecule has 27 heavy (non-hydrogen) atoms. The normalized spacial score (nSPS) is 30.4. The summed E-state index contributed by atoms with van der Waals surface area (Å²) in [5, 5.41) is 3.80. The van der Waals surface area contributed by atoms with Gasteiger partial charge in [-0.1, -0.05) is 13.8 Å². The van der Waals surface area contributed by atoms with Gasteiger partial charge in [0.05, 0.1) is 12.2 Å². The summed E-state index contributed by atoms with van der Waals surface area (Å²) in [5.41, 5.74) is 0.179.